The van der Waals surface area contributed by atoms with Crippen molar-refractivity contribution >= 4 is 5.95 Å². The van der Waals surface area contributed by atoms with Crippen LogP contribution in [0.3, 0.4) is 0 Å². The van der Waals surface area contributed by atoms with Crippen molar-refractivity contribution in [2.45, 2.75) is 0 Å². The van der Waals surface area contributed by atoms with E-state index in [1.165, 1.54) is 11.0 Å². The number of rotatable bonds is 3. The molecule has 0 aliphatic rings. The molecule has 0 fully saturated rings. The van der Waals surface area contributed by atoms with Crippen LogP contribution in [0.4, 0.5) is 10.3 Å². The number of aromatic nitrogens is 5. The predicted molar refractivity (Wildman–Crippen MR) is 52.6 cm³/mol. The maximum Gasteiger partial charge on any atom is 0.342 e. The van der Waals surface area contributed by atoms with Crippen LogP contribution in [0.5, 0.6) is 11.9 Å². The second-order valence-electron chi connectivity index (χ2n) is 2.90. The fourth-order valence-electron chi connectivity index (χ4n) is 0.996. The topological polar surface area (TPSA) is 77.8 Å². The van der Waals surface area contributed by atoms with Gasteiger partial charge in [0.2, 0.25) is 11.8 Å². The van der Waals surface area contributed by atoms with E-state index in [1.807, 2.05) is 0 Å². The molecule has 2 aromatic rings. The number of hydrogen-bond donors (Lipinski definition) is 1. The van der Waals surface area contributed by atoms with Crippen molar-refractivity contribution in [3.63, 3.8) is 0 Å². The van der Waals surface area contributed by atoms with Gasteiger partial charge in [-0.05, 0) is 0 Å². The van der Waals surface area contributed by atoms with Gasteiger partial charge in [0.1, 0.15) is 6.33 Å². The molecule has 84 valence electrons. The molecule has 0 aliphatic carbocycles. The molecule has 8 heteroatoms. The fourth-order valence-corrected chi connectivity index (χ4v) is 0.996. The van der Waals surface area contributed by atoms with E-state index in [0.717, 1.165) is 6.20 Å². The van der Waals surface area contributed by atoms with Crippen LogP contribution in [0.2, 0.25) is 0 Å². The van der Waals surface area contributed by atoms with Gasteiger partial charge in [0.25, 0.3) is 5.88 Å². The molecule has 0 saturated heterocycles. The third-order valence-corrected chi connectivity index (χ3v) is 1.70. The molecule has 2 aromatic heterocycles. The summed E-state index contributed by atoms with van der Waals surface area (Å²) in [5, 5.41) is 6.51. The quantitative estimate of drug-likeness (QED) is 0.821. The molecule has 2 rings (SSSR count). The van der Waals surface area contributed by atoms with Crippen molar-refractivity contribution in [1.82, 2.24) is 24.7 Å². The molecular formula is C8H9FN6O. The second-order valence-corrected chi connectivity index (χ2v) is 2.90. The molecule has 0 aromatic carbocycles. The Kier molecular flexibility index (Phi) is 2.63. The maximum atomic E-state index is 13.3. The van der Waals surface area contributed by atoms with Crippen LogP contribution in [-0.2, 0) is 7.05 Å². The minimum atomic E-state index is -0.675. The molecule has 0 bridgehead atoms. The summed E-state index contributed by atoms with van der Waals surface area (Å²) in [5.74, 6) is -0.635. The van der Waals surface area contributed by atoms with Gasteiger partial charge in [-0.3, -0.25) is 4.68 Å². The Morgan fingerprint density at radius 3 is 2.88 bits per heavy atom. The summed E-state index contributed by atoms with van der Waals surface area (Å²) in [6, 6.07) is 0.0298. The lowest BCUT2D eigenvalue weighted by molar-refractivity contribution is 0.390. The first-order chi connectivity index (χ1) is 7.69. The van der Waals surface area contributed by atoms with Crippen LogP contribution in [0, 0.1) is 5.82 Å². The summed E-state index contributed by atoms with van der Waals surface area (Å²) in [6.45, 7) is 0. The van der Waals surface area contributed by atoms with Gasteiger partial charge in [0.05, 0.1) is 6.20 Å². The highest BCUT2D eigenvalue weighted by atomic mass is 19.1. The minimum Gasteiger partial charge on any atom is -0.401 e. The van der Waals surface area contributed by atoms with Crippen molar-refractivity contribution in [3.8, 4) is 11.9 Å². The third kappa shape index (κ3) is 2.05. The Labute approximate surface area is 90.3 Å². The minimum absolute atomic E-state index is 0.0298. The molecule has 7 nitrogen and oxygen atoms in total. The Morgan fingerprint density at radius 1 is 1.44 bits per heavy atom. The first kappa shape index (κ1) is 10.3. The smallest absolute Gasteiger partial charge is 0.342 e. The van der Waals surface area contributed by atoms with Gasteiger partial charge >= 0.3 is 6.01 Å². The molecule has 0 spiro atoms. The monoisotopic (exact) mass is 224 g/mol. The van der Waals surface area contributed by atoms with Crippen LogP contribution in [0.1, 0.15) is 0 Å². The van der Waals surface area contributed by atoms with Gasteiger partial charge in [-0.2, -0.15) is 14.4 Å². The van der Waals surface area contributed by atoms with E-state index in [1.54, 1.807) is 14.1 Å². The van der Waals surface area contributed by atoms with Crippen molar-refractivity contribution < 1.29 is 9.13 Å². The highest BCUT2D eigenvalue weighted by Gasteiger charge is 2.11. The summed E-state index contributed by atoms with van der Waals surface area (Å²) in [7, 11) is 3.30. The number of hydrogen-bond acceptors (Lipinski definition) is 6. The predicted octanol–water partition coefficient (Wildman–Crippen LogP) is 0.578. The SMILES string of the molecule is CNc1ncc(F)c(Oc2ncn(C)n2)n1. The lowest BCUT2D eigenvalue weighted by atomic mass is 10.6. The van der Waals surface area contributed by atoms with Gasteiger partial charge < -0.3 is 10.1 Å². The Bertz CT molecular complexity index is 499. The zero-order valence-corrected chi connectivity index (χ0v) is 8.68. The van der Waals surface area contributed by atoms with Crippen LogP contribution < -0.4 is 10.1 Å². The van der Waals surface area contributed by atoms with E-state index < -0.39 is 5.82 Å². The van der Waals surface area contributed by atoms with Crippen LogP contribution in [0.25, 0.3) is 0 Å². The first-order valence-electron chi connectivity index (χ1n) is 4.43. The summed E-state index contributed by atoms with van der Waals surface area (Å²) >= 11 is 0. The lowest BCUT2D eigenvalue weighted by Crippen LogP contribution is -2.01. The van der Waals surface area contributed by atoms with Crippen LogP contribution >= 0.6 is 0 Å². The Hall–Kier alpha value is -2.25. The molecule has 0 radical (unpaired) electrons. The van der Waals surface area contributed by atoms with E-state index in [0.29, 0.717) is 0 Å². The van der Waals surface area contributed by atoms with E-state index in [-0.39, 0.29) is 17.8 Å². The highest BCUT2D eigenvalue weighted by Crippen LogP contribution is 2.19. The van der Waals surface area contributed by atoms with Crippen molar-refractivity contribution in [3.05, 3.63) is 18.3 Å². The molecule has 1 N–H and O–H groups in total. The van der Waals surface area contributed by atoms with Crippen molar-refractivity contribution in [1.29, 1.82) is 0 Å². The zero-order chi connectivity index (χ0) is 11.5. The molecule has 0 unspecified atom stereocenters. The van der Waals surface area contributed by atoms with Crippen LogP contribution in [-0.4, -0.2) is 31.8 Å². The number of aryl methyl sites for hydroxylation is 1. The van der Waals surface area contributed by atoms with Gasteiger partial charge in [0, 0.05) is 14.1 Å². The Balaban J connectivity index is 2.26. The first-order valence-corrected chi connectivity index (χ1v) is 4.43. The summed E-state index contributed by atoms with van der Waals surface area (Å²) in [4.78, 5) is 11.3. The average Bonchev–Trinajstić information content (AvgIpc) is 2.67. The molecule has 2 heterocycles. The van der Waals surface area contributed by atoms with Gasteiger partial charge in [-0.25, -0.2) is 4.98 Å². The largest absolute Gasteiger partial charge is 0.401 e. The summed E-state index contributed by atoms with van der Waals surface area (Å²) in [6.07, 6.45) is 2.45. The Morgan fingerprint density at radius 2 is 2.25 bits per heavy atom. The number of ether oxygens (including phenoxy) is 1. The number of anilines is 1. The zero-order valence-electron chi connectivity index (χ0n) is 8.68. The second kappa shape index (κ2) is 4.09. The van der Waals surface area contributed by atoms with Crippen LogP contribution in [0.15, 0.2) is 12.5 Å². The van der Waals surface area contributed by atoms with Gasteiger partial charge in [-0.1, -0.05) is 0 Å². The molecule has 0 saturated carbocycles. The molecule has 0 amide bonds. The number of halogens is 1. The molecule has 16 heavy (non-hydrogen) atoms. The highest BCUT2D eigenvalue weighted by molar-refractivity contribution is 5.28. The molecule has 0 atom stereocenters. The van der Waals surface area contributed by atoms with E-state index in [2.05, 4.69) is 25.4 Å². The molecule has 0 aliphatic heterocycles. The van der Waals surface area contributed by atoms with Gasteiger partial charge in [-0.15, -0.1) is 5.10 Å². The van der Waals surface area contributed by atoms with E-state index >= 15 is 0 Å². The third-order valence-electron chi connectivity index (χ3n) is 1.70. The molecular weight excluding hydrogens is 215 g/mol. The summed E-state index contributed by atoms with van der Waals surface area (Å²) in [5.41, 5.74) is 0. The lowest BCUT2D eigenvalue weighted by Gasteiger charge is -2.03. The maximum absolute atomic E-state index is 13.3. The number of nitrogens with zero attached hydrogens (tertiary/aromatic N) is 5. The van der Waals surface area contributed by atoms with Crippen molar-refractivity contribution in [2.75, 3.05) is 12.4 Å². The van der Waals surface area contributed by atoms with Crippen molar-refractivity contribution in [2.24, 2.45) is 7.05 Å². The van der Waals surface area contributed by atoms with Gasteiger partial charge in [0.15, 0.2) is 0 Å². The fraction of sp³-hybridized carbons (Fsp3) is 0.250. The van der Waals surface area contributed by atoms with E-state index in [9.17, 15) is 4.39 Å². The van der Waals surface area contributed by atoms with E-state index in [4.69, 9.17) is 4.74 Å². The standard InChI is InChI=1S/C8H9FN6O/c1-10-7-11-3-5(9)6(13-7)16-8-12-4-15(2)14-8/h3-4H,1-2H3,(H,10,11,13). The average molecular weight is 224 g/mol. The normalized spacial score (nSPS) is 10.2. The number of nitrogens with one attached hydrogen (secondary N) is 1. The summed E-state index contributed by atoms with van der Waals surface area (Å²) < 4.78 is 19.8.